The molecule has 0 bridgehead atoms. The Morgan fingerprint density at radius 3 is 2.65 bits per heavy atom. The summed E-state index contributed by atoms with van der Waals surface area (Å²) in [5.41, 5.74) is 0.0494. The first-order valence-electron chi connectivity index (χ1n) is 6.43. The molecule has 1 aromatic carbocycles. The first-order valence-corrected chi connectivity index (χ1v) is 7.19. The van der Waals surface area contributed by atoms with Gasteiger partial charge in [-0.1, -0.05) is 23.2 Å². The first-order chi connectivity index (χ1) is 9.43. The van der Waals surface area contributed by atoms with Crippen LogP contribution in [0.5, 0.6) is 0 Å². The van der Waals surface area contributed by atoms with Crippen molar-refractivity contribution in [1.29, 1.82) is 0 Å². The number of carboxylic acids is 1. The van der Waals surface area contributed by atoms with Crippen LogP contribution in [-0.4, -0.2) is 42.3 Å². The van der Waals surface area contributed by atoms with E-state index in [2.05, 4.69) is 4.90 Å². The summed E-state index contributed by atoms with van der Waals surface area (Å²) >= 11 is 12.3. The van der Waals surface area contributed by atoms with Crippen LogP contribution in [0.3, 0.4) is 0 Å². The standard InChI is InChI=1S/C14H17Cl2NO3/c1-14(9-13(18)19,17-4-6-20-7-5-17)11-8-10(15)2-3-12(11)16/h2-3,8H,4-7,9H2,1H3,(H,18,19). The summed E-state index contributed by atoms with van der Waals surface area (Å²) in [6.07, 6.45) is -0.0347. The molecule has 1 N–H and O–H groups in total. The van der Waals surface area contributed by atoms with Crippen LogP contribution in [0, 0.1) is 0 Å². The van der Waals surface area contributed by atoms with Crippen LogP contribution in [0.25, 0.3) is 0 Å². The zero-order chi connectivity index (χ0) is 14.8. The van der Waals surface area contributed by atoms with Crippen LogP contribution in [0.1, 0.15) is 18.9 Å². The van der Waals surface area contributed by atoms with Gasteiger partial charge in [0.15, 0.2) is 0 Å². The maximum absolute atomic E-state index is 11.3. The van der Waals surface area contributed by atoms with Gasteiger partial charge in [-0.05, 0) is 30.7 Å². The van der Waals surface area contributed by atoms with Crippen LogP contribution in [-0.2, 0) is 15.1 Å². The van der Waals surface area contributed by atoms with Gasteiger partial charge in [0.1, 0.15) is 0 Å². The molecule has 0 aliphatic carbocycles. The molecule has 1 fully saturated rings. The number of carbonyl (C=O) groups is 1. The second-order valence-corrected chi connectivity index (χ2v) is 5.91. The van der Waals surface area contributed by atoms with Gasteiger partial charge in [0.05, 0.1) is 25.2 Å². The lowest BCUT2D eigenvalue weighted by molar-refractivity contribution is -0.141. The molecule has 0 amide bonds. The number of nitrogens with zero attached hydrogens (tertiary/aromatic N) is 1. The predicted molar refractivity (Wildman–Crippen MR) is 78.5 cm³/mol. The second kappa shape index (κ2) is 6.31. The van der Waals surface area contributed by atoms with Gasteiger partial charge in [-0.15, -0.1) is 0 Å². The summed E-state index contributed by atoms with van der Waals surface area (Å²) in [6.45, 7) is 4.42. The Morgan fingerprint density at radius 2 is 2.05 bits per heavy atom. The van der Waals surface area contributed by atoms with Gasteiger partial charge >= 0.3 is 5.97 Å². The lowest BCUT2D eigenvalue weighted by Crippen LogP contribution is -2.50. The van der Waals surface area contributed by atoms with Gasteiger partial charge in [0.25, 0.3) is 0 Å². The Morgan fingerprint density at radius 1 is 1.40 bits per heavy atom. The van der Waals surface area contributed by atoms with Crippen molar-refractivity contribution in [2.75, 3.05) is 26.3 Å². The highest BCUT2D eigenvalue weighted by atomic mass is 35.5. The van der Waals surface area contributed by atoms with E-state index in [1.54, 1.807) is 18.2 Å². The predicted octanol–water partition coefficient (Wildman–Crippen LogP) is 3.02. The van der Waals surface area contributed by atoms with Crippen molar-refractivity contribution in [3.05, 3.63) is 33.8 Å². The van der Waals surface area contributed by atoms with Gasteiger partial charge in [0.2, 0.25) is 0 Å². The summed E-state index contributed by atoms with van der Waals surface area (Å²) in [7, 11) is 0. The molecule has 1 unspecified atom stereocenters. The molecule has 0 spiro atoms. The normalized spacial score (nSPS) is 19.6. The summed E-state index contributed by atoms with van der Waals surface area (Å²) < 4.78 is 5.34. The molecule has 0 radical (unpaired) electrons. The van der Waals surface area contributed by atoms with E-state index in [4.69, 9.17) is 27.9 Å². The van der Waals surface area contributed by atoms with Crippen molar-refractivity contribution in [2.45, 2.75) is 18.9 Å². The van der Waals surface area contributed by atoms with Crippen LogP contribution in [0.2, 0.25) is 10.0 Å². The maximum Gasteiger partial charge on any atom is 0.305 e. The van der Waals surface area contributed by atoms with Crippen molar-refractivity contribution in [3.63, 3.8) is 0 Å². The number of ether oxygens (including phenoxy) is 1. The van der Waals surface area contributed by atoms with E-state index in [0.717, 1.165) is 5.56 Å². The summed E-state index contributed by atoms with van der Waals surface area (Å²) in [6, 6.07) is 5.16. The van der Waals surface area contributed by atoms with E-state index >= 15 is 0 Å². The molecule has 1 atom stereocenters. The molecule has 20 heavy (non-hydrogen) atoms. The molecule has 6 heteroatoms. The summed E-state index contributed by atoms with van der Waals surface area (Å²) in [5, 5.41) is 10.3. The molecule has 1 aliphatic rings. The van der Waals surface area contributed by atoms with Gasteiger partial charge in [-0.25, -0.2) is 0 Å². The molecule has 110 valence electrons. The van der Waals surface area contributed by atoms with Crippen LogP contribution in [0.4, 0.5) is 0 Å². The highest BCUT2D eigenvalue weighted by Crippen LogP contribution is 2.38. The third kappa shape index (κ3) is 3.26. The maximum atomic E-state index is 11.3. The number of hydrogen-bond acceptors (Lipinski definition) is 3. The average molecular weight is 318 g/mol. The van der Waals surface area contributed by atoms with Crippen molar-refractivity contribution < 1.29 is 14.6 Å². The Kier molecular flexibility index (Phi) is 4.91. The van der Waals surface area contributed by atoms with Gasteiger partial charge < -0.3 is 9.84 Å². The molecule has 1 aliphatic heterocycles. The fourth-order valence-corrected chi connectivity index (χ4v) is 3.13. The SMILES string of the molecule is CC(CC(=O)O)(c1cc(Cl)ccc1Cl)N1CCOCC1. The van der Waals surface area contributed by atoms with Gasteiger partial charge in [-0.2, -0.15) is 0 Å². The van der Waals surface area contributed by atoms with E-state index in [0.29, 0.717) is 36.3 Å². The largest absolute Gasteiger partial charge is 0.481 e. The minimum Gasteiger partial charge on any atom is -0.481 e. The smallest absolute Gasteiger partial charge is 0.305 e. The number of aliphatic carboxylic acids is 1. The minimum absolute atomic E-state index is 0.0347. The zero-order valence-electron chi connectivity index (χ0n) is 11.2. The molecule has 1 aromatic rings. The van der Waals surface area contributed by atoms with E-state index in [1.165, 1.54) is 0 Å². The van der Waals surface area contributed by atoms with E-state index in [1.807, 2.05) is 6.92 Å². The van der Waals surface area contributed by atoms with Crippen molar-refractivity contribution >= 4 is 29.2 Å². The van der Waals surface area contributed by atoms with Gasteiger partial charge in [-0.3, -0.25) is 9.69 Å². The van der Waals surface area contributed by atoms with E-state index < -0.39 is 11.5 Å². The molecular formula is C14H17Cl2NO3. The number of carboxylic acid groups (broad SMARTS) is 1. The third-order valence-electron chi connectivity index (χ3n) is 3.71. The zero-order valence-corrected chi connectivity index (χ0v) is 12.7. The fraction of sp³-hybridized carbons (Fsp3) is 0.500. The number of halogens is 2. The average Bonchev–Trinajstić information content (AvgIpc) is 2.41. The number of hydrogen-bond donors (Lipinski definition) is 1. The Labute approximate surface area is 128 Å². The van der Waals surface area contributed by atoms with E-state index in [9.17, 15) is 9.90 Å². The molecule has 1 heterocycles. The summed E-state index contributed by atoms with van der Waals surface area (Å²) in [4.78, 5) is 13.4. The first kappa shape index (κ1) is 15.6. The number of benzene rings is 1. The quantitative estimate of drug-likeness (QED) is 0.927. The highest BCUT2D eigenvalue weighted by molar-refractivity contribution is 6.33. The van der Waals surface area contributed by atoms with E-state index in [-0.39, 0.29) is 6.42 Å². The molecule has 4 nitrogen and oxygen atoms in total. The molecular weight excluding hydrogens is 301 g/mol. The lowest BCUT2D eigenvalue weighted by atomic mass is 9.86. The lowest BCUT2D eigenvalue weighted by Gasteiger charge is -2.43. The highest BCUT2D eigenvalue weighted by Gasteiger charge is 2.38. The Hall–Kier alpha value is -0.810. The molecule has 0 saturated carbocycles. The van der Waals surface area contributed by atoms with Crippen LogP contribution in [0.15, 0.2) is 18.2 Å². The molecule has 0 aromatic heterocycles. The van der Waals surface area contributed by atoms with Crippen molar-refractivity contribution in [2.24, 2.45) is 0 Å². The van der Waals surface area contributed by atoms with Crippen molar-refractivity contribution in [3.8, 4) is 0 Å². The minimum atomic E-state index is -0.866. The van der Waals surface area contributed by atoms with Crippen molar-refractivity contribution in [1.82, 2.24) is 4.90 Å². The topological polar surface area (TPSA) is 49.8 Å². The number of rotatable bonds is 4. The Balaban J connectivity index is 2.44. The molecule has 1 saturated heterocycles. The van der Waals surface area contributed by atoms with Crippen LogP contribution < -0.4 is 0 Å². The molecule has 2 rings (SSSR count). The van der Waals surface area contributed by atoms with Gasteiger partial charge in [0, 0.05) is 23.1 Å². The Bertz CT molecular complexity index is 503. The number of morpholine rings is 1. The third-order valence-corrected chi connectivity index (χ3v) is 4.28. The fourth-order valence-electron chi connectivity index (χ4n) is 2.64. The van der Waals surface area contributed by atoms with Crippen LogP contribution >= 0.6 is 23.2 Å². The second-order valence-electron chi connectivity index (χ2n) is 5.07. The monoisotopic (exact) mass is 317 g/mol. The summed E-state index contributed by atoms with van der Waals surface area (Å²) in [5.74, 6) is -0.866.